The molecular formula is C11H18N2. The number of hydrogen-bond donors (Lipinski definition) is 0. The van der Waals surface area contributed by atoms with Crippen LogP contribution in [0.3, 0.4) is 0 Å². The predicted octanol–water partition coefficient (Wildman–Crippen LogP) is 2.31. The van der Waals surface area contributed by atoms with Gasteiger partial charge >= 0.3 is 0 Å². The van der Waals surface area contributed by atoms with Gasteiger partial charge in [0.1, 0.15) is 5.54 Å². The predicted molar refractivity (Wildman–Crippen MR) is 52.2 cm³/mol. The molecule has 2 fully saturated rings. The summed E-state index contributed by atoms with van der Waals surface area (Å²) in [6.45, 7) is 3.42. The van der Waals surface area contributed by atoms with Crippen molar-refractivity contribution in [3.05, 3.63) is 0 Å². The van der Waals surface area contributed by atoms with Crippen molar-refractivity contribution in [2.75, 3.05) is 6.54 Å². The van der Waals surface area contributed by atoms with Crippen molar-refractivity contribution in [3.63, 3.8) is 0 Å². The maximum atomic E-state index is 9.30. The molecule has 1 aliphatic carbocycles. The third-order valence-electron chi connectivity index (χ3n) is 3.74. The van der Waals surface area contributed by atoms with E-state index in [1.807, 2.05) is 0 Å². The summed E-state index contributed by atoms with van der Waals surface area (Å²) in [6, 6.07) is 3.21. The Morgan fingerprint density at radius 3 is 2.46 bits per heavy atom. The summed E-state index contributed by atoms with van der Waals surface area (Å²) in [4.78, 5) is 2.46. The molecule has 0 spiro atoms. The van der Waals surface area contributed by atoms with Crippen molar-refractivity contribution in [2.24, 2.45) is 0 Å². The van der Waals surface area contributed by atoms with Crippen LogP contribution in [0.1, 0.15) is 45.4 Å². The first-order valence-corrected chi connectivity index (χ1v) is 5.46. The second-order valence-corrected chi connectivity index (χ2v) is 4.54. The fourth-order valence-electron chi connectivity index (χ4n) is 2.99. The Labute approximate surface area is 80.5 Å². The van der Waals surface area contributed by atoms with Crippen LogP contribution in [0, 0.1) is 11.3 Å². The zero-order valence-corrected chi connectivity index (χ0v) is 8.42. The van der Waals surface area contributed by atoms with Crippen LogP contribution >= 0.6 is 0 Å². The molecule has 72 valence electrons. The van der Waals surface area contributed by atoms with Crippen LogP contribution in [-0.4, -0.2) is 23.0 Å². The molecule has 0 N–H and O–H groups in total. The van der Waals surface area contributed by atoms with E-state index in [1.165, 1.54) is 25.7 Å². The highest BCUT2D eigenvalue weighted by Gasteiger charge is 2.43. The van der Waals surface area contributed by atoms with E-state index in [-0.39, 0.29) is 5.54 Å². The van der Waals surface area contributed by atoms with Gasteiger partial charge in [-0.2, -0.15) is 5.26 Å². The monoisotopic (exact) mass is 178 g/mol. The largest absolute Gasteiger partial charge is 0.283 e. The van der Waals surface area contributed by atoms with E-state index in [2.05, 4.69) is 17.9 Å². The molecule has 0 aromatic rings. The quantitative estimate of drug-likeness (QED) is 0.616. The lowest BCUT2D eigenvalue weighted by Gasteiger charge is -2.35. The molecule has 1 heterocycles. The van der Waals surface area contributed by atoms with Gasteiger partial charge in [-0.15, -0.1) is 0 Å². The van der Waals surface area contributed by atoms with Gasteiger partial charge in [-0.3, -0.25) is 4.90 Å². The summed E-state index contributed by atoms with van der Waals surface area (Å²) in [5.74, 6) is 0. The Morgan fingerprint density at radius 1 is 1.31 bits per heavy atom. The molecule has 0 radical (unpaired) electrons. The second-order valence-electron chi connectivity index (χ2n) is 4.54. The van der Waals surface area contributed by atoms with Crippen molar-refractivity contribution >= 4 is 0 Å². The summed E-state index contributed by atoms with van der Waals surface area (Å²) in [7, 11) is 0. The van der Waals surface area contributed by atoms with Gasteiger partial charge < -0.3 is 0 Å². The minimum atomic E-state index is -0.0735. The second kappa shape index (κ2) is 3.31. The molecule has 13 heavy (non-hydrogen) atoms. The smallest absolute Gasteiger partial charge is 0.109 e. The van der Waals surface area contributed by atoms with Gasteiger partial charge in [-0.1, -0.05) is 12.8 Å². The first-order valence-electron chi connectivity index (χ1n) is 5.46. The molecule has 1 aliphatic heterocycles. The van der Waals surface area contributed by atoms with Gasteiger partial charge in [0.2, 0.25) is 0 Å². The Bertz CT molecular complexity index is 223. The van der Waals surface area contributed by atoms with Crippen molar-refractivity contribution < 1.29 is 0 Å². The molecule has 1 saturated carbocycles. The van der Waals surface area contributed by atoms with Crippen LogP contribution in [0.15, 0.2) is 0 Å². The van der Waals surface area contributed by atoms with E-state index >= 15 is 0 Å². The number of hydrogen-bond acceptors (Lipinski definition) is 2. The van der Waals surface area contributed by atoms with Gasteiger partial charge in [0.05, 0.1) is 6.07 Å². The van der Waals surface area contributed by atoms with Crippen LogP contribution in [-0.2, 0) is 0 Å². The number of nitrogens with zero attached hydrogens (tertiary/aromatic N) is 2. The Morgan fingerprint density at radius 2 is 2.00 bits per heavy atom. The van der Waals surface area contributed by atoms with Gasteiger partial charge in [0.15, 0.2) is 0 Å². The normalized spacial score (nSPS) is 33.4. The van der Waals surface area contributed by atoms with E-state index in [9.17, 15) is 5.26 Å². The standard InChI is InChI=1S/C11H18N2/c1-10-5-4-8-13(10)11(9-12)6-2-3-7-11/h10H,2-8H2,1H3. The van der Waals surface area contributed by atoms with Crippen LogP contribution in [0.5, 0.6) is 0 Å². The van der Waals surface area contributed by atoms with E-state index < -0.39 is 0 Å². The maximum Gasteiger partial charge on any atom is 0.109 e. The summed E-state index contributed by atoms with van der Waals surface area (Å²) >= 11 is 0. The lowest BCUT2D eigenvalue weighted by Crippen LogP contribution is -2.47. The van der Waals surface area contributed by atoms with Gasteiger partial charge in [-0.05, 0) is 39.2 Å². The van der Waals surface area contributed by atoms with Gasteiger partial charge in [-0.25, -0.2) is 0 Å². The van der Waals surface area contributed by atoms with Crippen LogP contribution in [0.2, 0.25) is 0 Å². The van der Waals surface area contributed by atoms with Gasteiger partial charge in [0.25, 0.3) is 0 Å². The van der Waals surface area contributed by atoms with Crippen LogP contribution in [0.4, 0.5) is 0 Å². The average molecular weight is 178 g/mol. The summed E-state index contributed by atoms with van der Waals surface area (Å²) in [5, 5.41) is 9.30. The molecule has 0 aromatic carbocycles. The number of rotatable bonds is 1. The zero-order chi connectivity index (χ0) is 9.31. The molecule has 1 saturated heterocycles. The lowest BCUT2D eigenvalue weighted by molar-refractivity contribution is 0.135. The van der Waals surface area contributed by atoms with Crippen molar-refractivity contribution in [2.45, 2.75) is 57.0 Å². The van der Waals surface area contributed by atoms with Crippen molar-refractivity contribution in [1.82, 2.24) is 4.90 Å². The molecule has 0 aromatic heterocycles. The fraction of sp³-hybridized carbons (Fsp3) is 0.909. The molecule has 0 bridgehead atoms. The zero-order valence-electron chi connectivity index (χ0n) is 8.42. The molecule has 2 aliphatic rings. The molecule has 2 nitrogen and oxygen atoms in total. The summed E-state index contributed by atoms with van der Waals surface area (Å²) in [6.07, 6.45) is 7.27. The SMILES string of the molecule is CC1CCCN1C1(C#N)CCCC1. The van der Waals surface area contributed by atoms with Crippen LogP contribution < -0.4 is 0 Å². The highest BCUT2D eigenvalue weighted by molar-refractivity contribution is 5.12. The highest BCUT2D eigenvalue weighted by atomic mass is 15.2. The average Bonchev–Trinajstić information content (AvgIpc) is 2.73. The Balaban J connectivity index is 2.16. The summed E-state index contributed by atoms with van der Waals surface area (Å²) < 4.78 is 0. The molecule has 0 amide bonds. The van der Waals surface area contributed by atoms with Crippen LogP contribution in [0.25, 0.3) is 0 Å². The minimum absolute atomic E-state index is 0.0735. The Kier molecular flexibility index (Phi) is 2.29. The molecular weight excluding hydrogens is 160 g/mol. The van der Waals surface area contributed by atoms with E-state index in [1.54, 1.807) is 0 Å². The topological polar surface area (TPSA) is 27.0 Å². The highest BCUT2D eigenvalue weighted by Crippen LogP contribution is 2.38. The molecule has 1 atom stereocenters. The first-order chi connectivity index (χ1) is 6.28. The number of nitriles is 1. The van der Waals surface area contributed by atoms with Crippen molar-refractivity contribution in [3.8, 4) is 6.07 Å². The molecule has 2 rings (SSSR count). The molecule has 2 heteroatoms. The first kappa shape index (κ1) is 9.02. The Hall–Kier alpha value is -0.550. The third kappa shape index (κ3) is 1.36. The van der Waals surface area contributed by atoms with Gasteiger partial charge in [0, 0.05) is 6.04 Å². The van der Waals surface area contributed by atoms with E-state index in [0.717, 1.165) is 19.4 Å². The minimum Gasteiger partial charge on any atom is -0.283 e. The third-order valence-corrected chi connectivity index (χ3v) is 3.74. The lowest BCUT2D eigenvalue weighted by atomic mass is 9.96. The fourth-order valence-corrected chi connectivity index (χ4v) is 2.99. The van der Waals surface area contributed by atoms with E-state index in [0.29, 0.717) is 6.04 Å². The number of likely N-dealkylation sites (tertiary alicyclic amines) is 1. The van der Waals surface area contributed by atoms with Crippen molar-refractivity contribution in [1.29, 1.82) is 5.26 Å². The maximum absolute atomic E-state index is 9.30. The summed E-state index contributed by atoms with van der Waals surface area (Å²) in [5.41, 5.74) is -0.0735. The van der Waals surface area contributed by atoms with E-state index in [4.69, 9.17) is 0 Å². The molecule has 1 unspecified atom stereocenters.